The number of rotatable bonds is 32. The molecule has 3 aromatic carbocycles. The van der Waals surface area contributed by atoms with Gasteiger partial charge in [0.25, 0.3) is 19.6 Å². The summed E-state index contributed by atoms with van der Waals surface area (Å²) in [5.74, 6) is -6.68. The molecule has 94 heavy (non-hydrogen) atoms. The molecule has 2 aromatic heterocycles. The van der Waals surface area contributed by atoms with Crippen molar-refractivity contribution in [2.24, 2.45) is 5.92 Å². The van der Waals surface area contributed by atoms with Crippen LogP contribution in [0.4, 0.5) is 8.78 Å². The number of hydrogen-bond acceptors (Lipinski definition) is 20. The summed E-state index contributed by atoms with van der Waals surface area (Å²) in [5.41, 5.74) is -1.16. The highest BCUT2D eigenvalue weighted by Gasteiger charge is 2.58. The maximum atomic E-state index is 16.5. The van der Waals surface area contributed by atoms with Crippen LogP contribution in [0.2, 0.25) is 0 Å². The van der Waals surface area contributed by atoms with Gasteiger partial charge in [0.05, 0.1) is 44.2 Å². The van der Waals surface area contributed by atoms with Crippen LogP contribution in [0.5, 0.6) is 0 Å². The predicted molar refractivity (Wildman–Crippen MR) is 349 cm³/mol. The number of aryl methyl sites for hydroxylation is 2. The molecule has 13 atom stereocenters. The van der Waals surface area contributed by atoms with E-state index < -0.39 is 130 Å². The molecule has 516 valence electrons. The number of aromatic amines is 1. The molecular formula is C64H87F2N6O19P3. The number of carbonyl (C=O) groups excluding carboxylic acids is 2. The summed E-state index contributed by atoms with van der Waals surface area (Å²) >= 11 is 0. The van der Waals surface area contributed by atoms with Gasteiger partial charge in [0.2, 0.25) is 6.54 Å². The van der Waals surface area contributed by atoms with E-state index >= 15 is 8.78 Å². The van der Waals surface area contributed by atoms with Crippen molar-refractivity contribution in [2.75, 3.05) is 80.5 Å². The maximum Gasteiger partial charge on any atom is 0.338 e. The van der Waals surface area contributed by atoms with Crippen LogP contribution in [-0.4, -0.2) is 182 Å². The van der Waals surface area contributed by atoms with Crippen molar-refractivity contribution in [3.8, 4) is 0 Å². The molecule has 25 nitrogen and oxygen atoms in total. The number of halogens is 2. The summed E-state index contributed by atoms with van der Waals surface area (Å²) < 4.78 is 129. The van der Waals surface area contributed by atoms with E-state index in [1.807, 2.05) is 62.7 Å². The smallest absolute Gasteiger partial charge is 0.338 e. The van der Waals surface area contributed by atoms with E-state index in [1.54, 1.807) is 50.2 Å². The molecule has 0 bridgehead atoms. The van der Waals surface area contributed by atoms with E-state index in [4.69, 9.17) is 58.3 Å². The Morgan fingerprint density at radius 2 is 1.16 bits per heavy atom. The van der Waals surface area contributed by atoms with E-state index in [0.717, 1.165) is 14.7 Å². The SMILES string of the molecule is COCCO[C@@H]1[C@H](C)[C@@H](C(OC(=O)c2ccccc2)C(F)P(C)(C)=O)O[C@H]1n1cc(C)c(=O)n(COCc2ccccc2)c1=O.[C-]#[N+]CCOP(O[C@H]1[C@@H](OCCOC)[C@H](n2cc(C)c(=O)[nH]c2=O)O[C@@H]1C(OC(=O)c1ccccc1)C(F)P(C)(C)=O)N(C(C)C)C(C)C. The third kappa shape index (κ3) is 20.2. The number of benzene rings is 3. The molecule has 5 aromatic rings. The molecule has 0 spiro atoms. The Morgan fingerprint density at radius 1 is 0.681 bits per heavy atom. The molecule has 4 heterocycles. The first kappa shape index (κ1) is 76.8. The average Bonchev–Trinajstić information content (AvgIpc) is 1.61. The van der Waals surface area contributed by atoms with E-state index in [2.05, 4.69) is 9.83 Å². The molecular weight excluding hydrogens is 1290 g/mol. The van der Waals surface area contributed by atoms with Gasteiger partial charge in [0.15, 0.2) is 36.5 Å². The molecule has 0 saturated carbocycles. The number of methoxy groups -OCH3 is 2. The summed E-state index contributed by atoms with van der Waals surface area (Å²) in [6.45, 7) is 25.1. The van der Waals surface area contributed by atoms with Gasteiger partial charge in [-0.05, 0) is 98.0 Å². The second-order valence-electron chi connectivity index (χ2n) is 23.9. The van der Waals surface area contributed by atoms with Crippen LogP contribution in [0.15, 0.2) is 123 Å². The van der Waals surface area contributed by atoms with Gasteiger partial charge >= 0.3 is 23.3 Å². The van der Waals surface area contributed by atoms with Gasteiger partial charge in [0.1, 0.15) is 58.1 Å². The first-order chi connectivity index (χ1) is 44.5. The Kier molecular flexibility index (Phi) is 29.2. The number of esters is 2. The number of ether oxygens (including phenoxy) is 9. The molecule has 5 unspecified atom stereocenters. The number of aromatic nitrogens is 4. The van der Waals surface area contributed by atoms with Crippen LogP contribution in [0.25, 0.3) is 4.85 Å². The molecule has 2 aliphatic heterocycles. The zero-order valence-electron chi connectivity index (χ0n) is 55.1. The van der Waals surface area contributed by atoms with Crippen molar-refractivity contribution >= 4 is 34.7 Å². The monoisotopic (exact) mass is 1370 g/mol. The Labute approximate surface area is 546 Å². The third-order valence-electron chi connectivity index (χ3n) is 15.2. The molecule has 0 radical (unpaired) electrons. The summed E-state index contributed by atoms with van der Waals surface area (Å²) in [6, 6.07) is 25.0. The lowest BCUT2D eigenvalue weighted by atomic mass is 9.96. The standard InChI is InChI=1S/C32H47FN4O10P2.C32H40FN2O9P/c1-20(2)37(21(3)4)48(44-16-15-34-6)47-25-24(26(28(33)49(8,9)41)46-31(39)23-13-11-10-12-14-23)45-30(27(25)43-18-17-42-7)36-19-22(5)29(38)35-32(36)40;1-21-18-34(32(38)35(29(21)36)20-41-19-23-12-8-6-9-13-23)30-26(42-17-16-40-3)22(2)25(43-30)27(28(33)45(4,5)39)44-31(37)24-14-10-7-11-15-24/h10-14,19-21,24-28,30H,15-18H2,1-5,7-9H3,(H,35,38,40);6-15,18,22,25-28,30H,16-17,19-20H2,1-5H3/t24-,25+,26?,27+,28?,30+,48?;22-,25+,26-,27?,28?,30-/m01/s1. The molecule has 0 amide bonds. The molecule has 2 saturated heterocycles. The topological polar surface area (TPSA) is 276 Å². The zero-order chi connectivity index (χ0) is 69.2. The van der Waals surface area contributed by atoms with Gasteiger partial charge in [-0.25, -0.2) is 43.8 Å². The van der Waals surface area contributed by atoms with Crippen LogP contribution in [0, 0.1) is 26.3 Å². The van der Waals surface area contributed by atoms with E-state index in [1.165, 1.54) is 89.0 Å². The lowest BCUT2D eigenvalue weighted by Crippen LogP contribution is -2.48. The van der Waals surface area contributed by atoms with E-state index in [9.17, 15) is 37.9 Å². The van der Waals surface area contributed by atoms with E-state index in [-0.39, 0.29) is 87.3 Å². The van der Waals surface area contributed by atoms with Crippen LogP contribution in [0.1, 0.15) is 84.5 Å². The second-order valence-corrected chi connectivity index (χ2v) is 32.0. The van der Waals surface area contributed by atoms with Crippen molar-refractivity contribution in [3.05, 3.63) is 184 Å². The summed E-state index contributed by atoms with van der Waals surface area (Å²) in [6.07, 6.45) is -9.33. The van der Waals surface area contributed by atoms with Crippen molar-refractivity contribution < 1.29 is 79.2 Å². The van der Waals surface area contributed by atoms with Gasteiger partial charge in [-0.2, -0.15) is 0 Å². The molecule has 1 N–H and O–H groups in total. The Bertz CT molecular complexity index is 3630. The van der Waals surface area contributed by atoms with Crippen LogP contribution in [-0.2, 0) is 74.1 Å². The predicted octanol–water partition coefficient (Wildman–Crippen LogP) is 8.79. The zero-order valence-corrected chi connectivity index (χ0v) is 57.8. The third-order valence-corrected chi connectivity index (χ3v) is 20.3. The fourth-order valence-electron chi connectivity index (χ4n) is 10.5. The first-order valence-corrected chi connectivity index (χ1v) is 36.9. The first-order valence-electron chi connectivity index (χ1n) is 30.4. The lowest BCUT2D eigenvalue weighted by molar-refractivity contribution is -0.104. The fourth-order valence-corrected chi connectivity index (χ4v) is 14.1. The quantitative estimate of drug-likeness (QED) is 0.0182. The fraction of sp³-hybridized carbons (Fsp3) is 0.547. The molecule has 2 fully saturated rings. The van der Waals surface area contributed by atoms with Crippen molar-refractivity contribution in [2.45, 2.75) is 141 Å². The number of nitrogens with one attached hydrogen (secondary N) is 1. The number of hydrogen-bond donors (Lipinski definition) is 1. The minimum absolute atomic E-state index is 0.0118. The summed E-state index contributed by atoms with van der Waals surface area (Å²) in [7, 11) is -6.14. The summed E-state index contributed by atoms with van der Waals surface area (Å²) in [5, 5.41) is 0. The molecule has 7 rings (SSSR count). The molecule has 2 aliphatic rings. The highest BCUT2D eigenvalue weighted by molar-refractivity contribution is 7.63. The minimum atomic E-state index is -3.63. The van der Waals surface area contributed by atoms with E-state index in [0.29, 0.717) is 0 Å². The summed E-state index contributed by atoms with van der Waals surface area (Å²) in [4.78, 5) is 84.5. The number of nitrogens with zero attached hydrogens (tertiary/aromatic N) is 5. The Balaban J connectivity index is 0.000000299. The molecule has 0 aliphatic carbocycles. The average molecular weight is 1380 g/mol. The number of H-pyrrole nitrogens is 1. The van der Waals surface area contributed by atoms with Gasteiger partial charge in [-0.3, -0.25) is 23.7 Å². The van der Waals surface area contributed by atoms with Gasteiger partial charge in [-0.15, -0.1) is 0 Å². The van der Waals surface area contributed by atoms with Crippen molar-refractivity contribution in [1.82, 2.24) is 23.4 Å². The minimum Gasteiger partial charge on any atom is -0.452 e. The Morgan fingerprint density at radius 3 is 1.66 bits per heavy atom. The second kappa shape index (κ2) is 35.7. The van der Waals surface area contributed by atoms with Crippen molar-refractivity contribution in [1.29, 1.82) is 0 Å². The number of carbonyl (C=O) groups is 2. The van der Waals surface area contributed by atoms with Crippen molar-refractivity contribution in [3.63, 3.8) is 0 Å². The van der Waals surface area contributed by atoms with Gasteiger partial charge < -0.3 is 65.7 Å². The van der Waals surface area contributed by atoms with Crippen LogP contribution < -0.4 is 22.5 Å². The molecule has 30 heteroatoms. The highest BCUT2D eigenvalue weighted by Crippen LogP contribution is 2.54. The lowest BCUT2D eigenvalue weighted by Gasteiger charge is -2.39. The maximum absolute atomic E-state index is 16.5. The normalized spacial score (nSPS) is 21.5. The largest absolute Gasteiger partial charge is 0.452 e. The number of alkyl halides is 2. The van der Waals surface area contributed by atoms with Gasteiger partial charge in [0, 0.05) is 55.7 Å². The highest BCUT2D eigenvalue weighted by atomic mass is 31.2. The van der Waals surface area contributed by atoms with Crippen LogP contribution >= 0.6 is 22.8 Å². The Hall–Kier alpha value is -6.20. The van der Waals surface area contributed by atoms with Gasteiger partial charge in [-0.1, -0.05) is 73.7 Å². The van der Waals surface area contributed by atoms with Crippen LogP contribution in [0.3, 0.4) is 0 Å².